The molecule has 2 N–H and O–H groups in total. The first kappa shape index (κ1) is 14.9. The molecule has 0 saturated heterocycles. The predicted octanol–water partition coefficient (Wildman–Crippen LogP) is 3.27. The zero-order valence-corrected chi connectivity index (χ0v) is 13.0. The lowest BCUT2D eigenvalue weighted by atomic mass is 10.2. The summed E-state index contributed by atoms with van der Waals surface area (Å²) in [6.45, 7) is 4.06. The minimum Gasteiger partial charge on any atom is -0.346 e. The summed E-state index contributed by atoms with van der Waals surface area (Å²) in [5, 5.41) is 3.40. The standard InChI is InChI=1S/C15H21N3OS/c1-4-11(20-3)9-14(19)16-10(2)15-17-12-7-5-6-8-13(12)18-15/h5-8,10-11H,4,9H2,1-3H3,(H,16,19)(H,17,18)/t10-,11?/m0/s1. The molecule has 0 bridgehead atoms. The summed E-state index contributed by atoms with van der Waals surface area (Å²) in [7, 11) is 0. The van der Waals surface area contributed by atoms with Crippen molar-refractivity contribution >= 4 is 28.7 Å². The Labute approximate surface area is 123 Å². The summed E-state index contributed by atoms with van der Waals surface area (Å²) >= 11 is 1.74. The first-order chi connectivity index (χ1) is 9.63. The van der Waals surface area contributed by atoms with E-state index in [-0.39, 0.29) is 11.9 Å². The molecule has 108 valence electrons. The second-order valence-corrected chi connectivity index (χ2v) is 6.04. The molecular weight excluding hydrogens is 270 g/mol. The predicted molar refractivity (Wildman–Crippen MR) is 84.9 cm³/mol. The average molecular weight is 291 g/mol. The maximum atomic E-state index is 12.0. The van der Waals surface area contributed by atoms with Gasteiger partial charge in [-0.3, -0.25) is 4.79 Å². The van der Waals surface area contributed by atoms with Gasteiger partial charge in [0, 0.05) is 11.7 Å². The van der Waals surface area contributed by atoms with Crippen LogP contribution in [0.4, 0.5) is 0 Å². The van der Waals surface area contributed by atoms with Crippen LogP contribution < -0.4 is 5.32 Å². The Hall–Kier alpha value is -1.49. The Kier molecular flexibility index (Phi) is 5.06. The van der Waals surface area contributed by atoms with E-state index in [1.54, 1.807) is 11.8 Å². The second-order valence-electron chi connectivity index (χ2n) is 4.90. The summed E-state index contributed by atoms with van der Waals surface area (Å²) < 4.78 is 0. The number of carbonyl (C=O) groups is 1. The molecular formula is C15H21N3OS. The number of nitrogens with one attached hydrogen (secondary N) is 2. The van der Waals surface area contributed by atoms with Gasteiger partial charge in [-0.15, -0.1) is 0 Å². The normalized spacial score (nSPS) is 14.2. The number of thioether (sulfide) groups is 1. The second kappa shape index (κ2) is 6.79. The van der Waals surface area contributed by atoms with E-state index in [4.69, 9.17) is 0 Å². The largest absolute Gasteiger partial charge is 0.346 e. The van der Waals surface area contributed by atoms with Crippen molar-refractivity contribution in [2.24, 2.45) is 0 Å². The minimum absolute atomic E-state index is 0.0826. The van der Waals surface area contributed by atoms with Crippen LogP contribution in [0.15, 0.2) is 24.3 Å². The summed E-state index contributed by atoms with van der Waals surface area (Å²) in [6, 6.07) is 7.78. The van der Waals surface area contributed by atoms with E-state index >= 15 is 0 Å². The molecule has 1 heterocycles. The van der Waals surface area contributed by atoms with Gasteiger partial charge in [-0.1, -0.05) is 19.1 Å². The number of carbonyl (C=O) groups excluding carboxylic acids is 1. The highest BCUT2D eigenvalue weighted by Crippen LogP contribution is 2.17. The first-order valence-electron chi connectivity index (χ1n) is 6.90. The molecule has 0 spiro atoms. The number of imidazole rings is 1. The summed E-state index contributed by atoms with van der Waals surface area (Å²) in [6.07, 6.45) is 3.61. The van der Waals surface area contributed by atoms with Crippen molar-refractivity contribution < 1.29 is 4.79 Å². The van der Waals surface area contributed by atoms with E-state index < -0.39 is 0 Å². The van der Waals surface area contributed by atoms with Crippen LogP contribution in [0.3, 0.4) is 0 Å². The number of aromatic nitrogens is 2. The minimum atomic E-state index is -0.103. The van der Waals surface area contributed by atoms with E-state index in [2.05, 4.69) is 22.2 Å². The van der Waals surface area contributed by atoms with E-state index in [0.717, 1.165) is 23.3 Å². The molecule has 2 aromatic rings. The lowest BCUT2D eigenvalue weighted by Crippen LogP contribution is -2.29. The van der Waals surface area contributed by atoms with Crippen molar-refractivity contribution in [3.63, 3.8) is 0 Å². The molecule has 1 aromatic heterocycles. The fourth-order valence-electron chi connectivity index (χ4n) is 2.15. The third kappa shape index (κ3) is 3.54. The fraction of sp³-hybridized carbons (Fsp3) is 0.467. The molecule has 5 heteroatoms. The van der Waals surface area contributed by atoms with Gasteiger partial charge in [-0.2, -0.15) is 11.8 Å². The van der Waals surface area contributed by atoms with Gasteiger partial charge >= 0.3 is 0 Å². The maximum absolute atomic E-state index is 12.0. The van der Waals surface area contributed by atoms with Gasteiger partial charge in [0.25, 0.3) is 0 Å². The van der Waals surface area contributed by atoms with Crippen LogP contribution in [0.5, 0.6) is 0 Å². The molecule has 20 heavy (non-hydrogen) atoms. The van der Waals surface area contributed by atoms with E-state index in [1.165, 1.54) is 0 Å². The van der Waals surface area contributed by atoms with E-state index in [0.29, 0.717) is 11.7 Å². The molecule has 0 aliphatic carbocycles. The third-order valence-electron chi connectivity index (χ3n) is 3.40. The Morgan fingerprint density at radius 2 is 2.20 bits per heavy atom. The zero-order valence-electron chi connectivity index (χ0n) is 12.1. The monoisotopic (exact) mass is 291 g/mol. The smallest absolute Gasteiger partial charge is 0.221 e. The Balaban J connectivity index is 2.00. The van der Waals surface area contributed by atoms with Gasteiger partial charge in [0.05, 0.1) is 17.1 Å². The molecule has 0 aliphatic heterocycles. The first-order valence-corrected chi connectivity index (χ1v) is 8.19. The number of H-pyrrole nitrogens is 1. The number of aromatic amines is 1. The summed E-state index contributed by atoms with van der Waals surface area (Å²) in [5.41, 5.74) is 1.93. The van der Waals surface area contributed by atoms with Crippen molar-refractivity contribution in [1.82, 2.24) is 15.3 Å². The lowest BCUT2D eigenvalue weighted by Gasteiger charge is -2.15. The molecule has 4 nitrogen and oxygen atoms in total. The third-order valence-corrected chi connectivity index (χ3v) is 4.56. The Bertz CT molecular complexity index is 544. The summed E-state index contributed by atoms with van der Waals surface area (Å²) in [4.78, 5) is 19.8. The number of hydrogen-bond donors (Lipinski definition) is 2. The lowest BCUT2D eigenvalue weighted by molar-refractivity contribution is -0.121. The van der Waals surface area contributed by atoms with Crippen molar-refractivity contribution in [3.05, 3.63) is 30.1 Å². The number of rotatable bonds is 6. The molecule has 0 radical (unpaired) electrons. The van der Waals surface area contributed by atoms with Gasteiger partial charge in [0.2, 0.25) is 5.91 Å². The van der Waals surface area contributed by atoms with Crippen molar-refractivity contribution in [2.45, 2.75) is 38.0 Å². The molecule has 2 rings (SSSR count). The summed E-state index contributed by atoms with van der Waals surface area (Å²) in [5.74, 6) is 0.885. The van der Waals surface area contributed by atoms with E-state index in [9.17, 15) is 4.79 Å². The fourth-order valence-corrected chi connectivity index (χ4v) is 2.80. The molecule has 2 atom stereocenters. The van der Waals surface area contributed by atoms with Gasteiger partial charge in [-0.25, -0.2) is 4.98 Å². The number of fused-ring (bicyclic) bond motifs is 1. The number of hydrogen-bond acceptors (Lipinski definition) is 3. The Morgan fingerprint density at radius 1 is 1.45 bits per heavy atom. The SMILES string of the molecule is CCC(CC(=O)N[C@@H](C)c1nc2ccccc2[nH]1)SC. The van der Waals surface area contributed by atoms with Crippen molar-refractivity contribution in [1.29, 1.82) is 0 Å². The van der Waals surface area contributed by atoms with Crippen LogP contribution in [0.1, 0.15) is 38.6 Å². The van der Waals surface area contributed by atoms with Crippen LogP contribution in [0.25, 0.3) is 11.0 Å². The molecule has 0 fully saturated rings. The number of nitrogens with zero attached hydrogens (tertiary/aromatic N) is 1. The van der Waals surface area contributed by atoms with Crippen molar-refractivity contribution in [3.8, 4) is 0 Å². The van der Waals surface area contributed by atoms with Gasteiger partial charge in [0.15, 0.2) is 0 Å². The molecule has 0 saturated carbocycles. The van der Waals surface area contributed by atoms with Crippen LogP contribution >= 0.6 is 11.8 Å². The highest BCUT2D eigenvalue weighted by molar-refractivity contribution is 7.99. The van der Waals surface area contributed by atoms with Crippen LogP contribution in [-0.4, -0.2) is 27.4 Å². The van der Waals surface area contributed by atoms with Gasteiger partial charge < -0.3 is 10.3 Å². The van der Waals surface area contributed by atoms with Crippen LogP contribution in [0, 0.1) is 0 Å². The maximum Gasteiger partial charge on any atom is 0.221 e. The topological polar surface area (TPSA) is 57.8 Å². The molecule has 1 amide bonds. The Morgan fingerprint density at radius 3 is 2.85 bits per heavy atom. The van der Waals surface area contributed by atoms with Crippen LogP contribution in [-0.2, 0) is 4.79 Å². The zero-order chi connectivity index (χ0) is 14.5. The number of amides is 1. The number of benzene rings is 1. The van der Waals surface area contributed by atoms with Gasteiger partial charge in [0.1, 0.15) is 5.82 Å². The average Bonchev–Trinajstić information content (AvgIpc) is 2.88. The molecule has 1 unspecified atom stereocenters. The van der Waals surface area contributed by atoms with Crippen molar-refractivity contribution in [2.75, 3.05) is 6.26 Å². The van der Waals surface area contributed by atoms with E-state index in [1.807, 2.05) is 37.4 Å². The highest BCUT2D eigenvalue weighted by atomic mass is 32.2. The molecule has 0 aliphatic rings. The quantitative estimate of drug-likeness (QED) is 0.858. The van der Waals surface area contributed by atoms with Crippen LogP contribution in [0.2, 0.25) is 0 Å². The van der Waals surface area contributed by atoms with Gasteiger partial charge in [-0.05, 0) is 31.7 Å². The number of para-hydroxylation sites is 2. The highest BCUT2D eigenvalue weighted by Gasteiger charge is 2.16. The molecule has 1 aromatic carbocycles.